The first-order chi connectivity index (χ1) is 8.29. The maximum absolute atomic E-state index is 6.01. The summed E-state index contributed by atoms with van der Waals surface area (Å²) in [4.78, 5) is 1.13. The molecule has 0 spiro atoms. The molecule has 0 bridgehead atoms. The van der Waals surface area contributed by atoms with Gasteiger partial charge in [0.15, 0.2) is 0 Å². The van der Waals surface area contributed by atoms with E-state index in [4.69, 9.17) is 15.2 Å². The van der Waals surface area contributed by atoms with Crippen molar-refractivity contribution in [2.24, 2.45) is 5.73 Å². The number of nitrogens with two attached hydrogens (primary N) is 1. The lowest BCUT2D eigenvalue weighted by molar-refractivity contribution is 0.290. The van der Waals surface area contributed by atoms with Gasteiger partial charge in [-0.2, -0.15) is 0 Å². The van der Waals surface area contributed by atoms with Crippen LogP contribution in [-0.2, 0) is 0 Å². The van der Waals surface area contributed by atoms with Crippen LogP contribution in [0.2, 0.25) is 0 Å². The SMILES string of the molecule is COc1cccc(OCC(N)c2cccs2)c1. The van der Waals surface area contributed by atoms with Crippen LogP contribution in [0.15, 0.2) is 41.8 Å². The van der Waals surface area contributed by atoms with Crippen molar-refractivity contribution in [3.63, 3.8) is 0 Å². The molecule has 2 rings (SSSR count). The Labute approximate surface area is 105 Å². The lowest BCUT2D eigenvalue weighted by Crippen LogP contribution is -2.17. The number of benzene rings is 1. The Morgan fingerprint density at radius 3 is 2.76 bits per heavy atom. The molecule has 1 heterocycles. The molecule has 0 aliphatic rings. The fraction of sp³-hybridized carbons (Fsp3) is 0.231. The largest absolute Gasteiger partial charge is 0.497 e. The molecule has 1 unspecified atom stereocenters. The van der Waals surface area contributed by atoms with Crippen molar-refractivity contribution in [3.8, 4) is 11.5 Å². The van der Waals surface area contributed by atoms with Crippen molar-refractivity contribution in [3.05, 3.63) is 46.7 Å². The molecule has 1 aromatic heterocycles. The minimum atomic E-state index is -0.0822. The Morgan fingerprint density at radius 2 is 2.06 bits per heavy atom. The van der Waals surface area contributed by atoms with Crippen molar-refractivity contribution < 1.29 is 9.47 Å². The van der Waals surface area contributed by atoms with Crippen LogP contribution >= 0.6 is 11.3 Å². The Kier molecular flexibility index (Phi) is 4.01. The molecule has 17 heavy (non-hydrogen) atoms. The van der Waals surface area contributed by atoms with Crippen LogP contribution in [0.3, 0.4) is 0 Å². The number of thiophene rings is 1. The predicted molar refractivity (Wildman–Crippen MR) is 69.7 cm³/mol. The highest BCUT2D eigenvalue weighted by atomic mass is 32.1. The molecule has 0 amide bonds. The van der Waals surface area contributed by atoms with E-state index in [9.17, 15) is 0 Å². The fourth-order valence-corrected chi connectivity index (χ4v) is 2.18. The lowest BCUT2D eigenvalue weighted by Gasteiger charge is -2.12. The van der Waals surface area contributed by atoms with Gasteiger partial charge < -0.3 is 15.2 Å². The number of hydrogen-bond donors (Lipinski definition) is 1. The molecular formula is C13H15NO2S. The van der Waals surface area contributed by atoms with E-state index in [0.717, 1.165) is 16.4 Å². The minimum Gasteiger partial charge on any atom is -0.497 e. The Bertz CT molecular complexity index is 456. The molecule has 2 aromatic rings. The zero-order chi connectivity index (χ0) is 12.1. The number of rotatable bonds is 5. The quantitative estimate of drug-likeness (QED) is 0.886. The summed E-state index contributed by atoms with van der Waals surface area (Å²) in [6.07, 6.45) is 0. The third kappa shape index (κ3) is 3.22. The maximum atomic E-state index is 6.01. The van der Waals surface area contributed by atoms with E-state index in [2.05, 4.69) is 0 Å². The molecule has 0 saturated carbocycles. The molecule has 0 saturated heterocycles. The summed E-state index contributed by atoms with van der Waals surface area (Å²) in [7, 11) is 1.64. The number of methoxy groups -OCH3 is 1. The van der Waals surface area contributed by atoms with Crippen LogP contribution in [0.4, 0.5) is 0 Å². The summed E-state index contributed by atoms with van der Waals surface area (Å²) in [6.45, 7) is 0.466. The second-order valence-corrected chi connectivity index (χ2v) is 4.59. The molecular weight excluding hydrogens is 234 g/mol. The van der Waals surface area contributed by atoms with Gasteiger partial charge in [0.05, 0.1) is 13.2 Å². The normalized spacial score (nSPS) is 12.1. The molecule has 4 heteroatoms. The molecule has 2 N–H and O–H groups in total. The van der Waals surface area contributed by atoms with Gasteiger partial charge in [-0.25, -0.2) is 0 Å². The molecule has 1 atom stereocenters. The molecule has 1 aromatic carbocycles. The van der Waals surface area contributed by atoms with Crippen LogP contribution in [0.1, 0.15) is 10.9 Å². The van der Waals surface area contributed by atoms with Gasteiger partial charge in [-0.3, -0.25) is 0 Å². The molecule has 0 radical (unpaired) electrons. The second-order valence-electron chi connectivity index (χ2n) is 3.61. The second kappa shape index (κ2) is 5.70. The average molecular weight is 249 g/mol. The van der Waals surface area contributed by atoms with Gasteiger partial charge in [-0.15, -0.1) is 11.3 Å². The minimum absolute atomic E-state index is 0.0822. The van der Waals surface area contributed by atoms with E-state index in [1.807, 2.05) is 41.8 Å². The van der Waals surface area contributed by atoms with Crippen molar-refractivity contribution in [1.82, 2.24) is 0 Å². The van der Waals surface area contributed by atoms with Crippen molar-refractivity contribution >= 4 is 11.3 Å². The molecule has 0 aliphatic carbocycles. The first-order valence-electron chi connectivity index (χ1n) is 5.35. The third-order valence-electron chi connectivity index (χ3n) is 2.38. The van der Waals surface area contributed by atoms with Gasteiger partial charge >= 0.3 is 0 Å². The summed E-state index contributed by atoms with van der Waals surface area (Å²) >= 11 is 1.64. The highest BCUT2D eigenvalue weighted by Gasteiger charge is 2.07. The summed E-state index contributed by atoms with van der Waals surface area (Å²) < 4.78 is 10.8. The summed E-state index contributed by atoms with van der Waals surface area (Å²) in [5.41, 5.74) is 6.01. The Hall–Kier alpha value is -1.52. The van der Waals surface area contributed by atoms with E-state index in [1.54, 1.807) is 18.4 Å². The van der Waals surface area contributed by atoms with E-state index in [1.165, 1.54) is 0 Å². The first-order valence-corrected chi connectivity index (χ1v) is 6.23. The highest BCUT2D eigenvalue weighted by molar-refractivity contribution is 7.10. The average Bonchev–Trinajstić information content (AvgIpc) is 2.90. The van der Waals surface area contributed by atoms with Crippen molar-refractivity contribution in [2.45, 2.75) is 6.04 Å². The summed E-state index contributed by atoms with van der Waals surface area (Å²) in [5.74, 6) is 1.56. The topological polar surface area (TPSA) is 44.5 Å². The number of ether oxygens (including phenoxy) is 2. The zero-order valence-electron chi connectivity index (χ0n) is 9.63. The number of hydrogen-bond acceptors (Lipinski definition) is 4. The van der Waals surface area contributed by atoms with Gasteiger partial charge in [-0.05, 0) is 23.6 Å². The van der Waals surface area contributed by atoms with Gasteiger partial charge in [0.1, 0.15) is 18.1 Å². The van der Waals surface area contributed by atoms with Crippen molar-refractivity contribution in [1.29, 1.82) is 0 Å². The molecule has 0 fully saturated rings. The van der Waals surface area contributed by atoms with E-state index < -0.39 is 0 Å². The standard InChI is InChI=1S/C13H15NO2S/c1-15-10-4-2-5-11(8-10)16-9-12(14)13-6-3-7-17-13/h2-8,12H,9,14H2,1H3. The van der Waals surface area contributed by atoms with Crippen LogP contribution in [-0.4, -0.2) is 13.7 Å². The van der Waals surface area contributed by atoms with Gasteiger partial charge in [0.2, 0.25) is 0 Å². The predicted octanol–water partition coefficient (Wildman–Crippen LogP) is 2.84. The van der Waals surface area contributed by atoms with E-state index >= 15 is 0 Å². The van der Waals surface area contributed by atoms with Crippen LogP contribution in [0.5, 0.6) is 11.5 Å². The highest BCUT2D eigenvalue weighted by Crippen LogP contribution is 2.21. The van der Waals surface area contributed by atoms with Gasteiger partial charge in [-0.1, -0.05) is 12.1 Å². The Balaban J connectivity index is 1.93. The van der Waals surface area contributed by atoms with E-state index in [-0.39, 0.29) is 6.04 Å². The summed E-state index contributed by atoms with van der Waals surface area (Å²) in [6, 6.07) is 11.4. The van der Waals surface area contributed by atoms with Crippen LogP contribution in [0.25, 0.3) is 0 Å². The lowest BCUT2D eigenvalue weighted by atomic mass is 10.3. The Morgan fingerprint density at radius 1 is 1.24 bits per heavy atom. The zero-order valence-corrected chi connectivity index (χ0v) is 10.4. The van der Waals surface area contributed by atoms with Gasteiger partial charge in [0.25, 0.3) is 0 Å². The third-order valence-corrected chi connectivity index (χ3v) is 3.38. The maximum Gasteiger partial charge on any atom is 0.123 e. The smallest absolute Gasteiger partial charge is 0.123 e. The summed E-state index contributed by atoms with van der Waals surface area (Å²) in [5, 5.41) is 2.01. The molecule has 0 aliphatic heterocycles. The monoisotopic (exact) mass is 249 g/mol. The van der Waals surface area contributed by atoms with Gasteiger partial charge in [0, 0.05) is 10.9 Å². The van der Waals surface area contributed by atoms with E-state index in [0.29, 0.717) is 6.61 Å². The molecule has 3 nitrogen and oxygen atoms in total. The van der Waals surface area contributed by atoms with Crippen molar-refractivity contribution in [2.75, 3.05) is 13.7 Å². The first kappa shape index (κ1) is 12.0. The fourth-order valence-electron chi connectivity index (χ4n) is 1.46. The van der Waals surface area contributed by atoms with Crippen LogP contribution in [0, 0.1) is 0 Å². The molecule has 90 valence electrons. The van der Waals surface area contributed by atoms with Crippen LogP contribution < -0.4 is 15.2 Å².